The van der Waals surface area contributed by atoms with E-state index in [9.17, 15) is 9.59 Å². The molecule has 0 unspecified atom stereocenters. The van der Waals surface area contributed by atoms with Gasteiger partial charge >= 0.3 is 0 Å². The summed E-state index contributed by atoms with van der Waals surface area (Å²) in [6, 6.07) is 3.62. The van der Waals surface area contributed by atoms with Crippen molar-refractivity contribution in [3.8, 4) is 0 Å². The van der Waals surface area contributed by atoms with Gasteiger partial charge in [0.05, 0.1) is 0 Å². The van der Waals surface area contributed by atoms with Crippen LogP contribution < -0.4 is 4.90 Å². The highest BCUT2D eigenvalue weighted by Gasteiger charge is 2.29. The Morgan fingerprint density at radius 2 is 1.85 bits per heavy atom. The molecule has 0 N–H and O–H groups in total. The van der Waals surface area contributed by atoms with E-state index in [-0.39, 0.29) is 11.3 Å². The molecule has 0 saturated carbocycles. The van der Waals surface area contributed by atoms with Crippen LogP contribution in [0.2, 0.25) is 0 Å². The van der Waals surface area contributed by atoms with E-state index < -0.39 is 0 Å². The predicted octanol–water partition coefficient (Wildman–Crippen LogP) is 1.59. The van der Waals surface area contributed by atoms with Gasteiger partial charge < -0.3 is 9.80 Å². The molecule has 1 aromatic heterocycles. The molecule has 108 valence electrons. The lowest BCUT2D eigenvalue weighted by molar-refractivity contribution is -0.139. The molecule has 20 heavy (non-hydrogen) atoms. The van der Waals surface area contributed by atoms with Crippen LogP contribution in [0.4, 0.5) is 5.82 Å². The maximum absolute atomic E-state index is 12.2. The van der Waals surface area contributed by atoms with Crippen LogP contribution in [-0.2, 0) is 4.79 Å². The van der Waals surface area contributed by atoms with Crippen molar-refractivity contribution >= 4 is 18.0 Å². The lowest BCUT2D eigenvalue weighted by Gasteiger charge is -2.38. The van der Waals surface area contributed by atoms with Crippen molar-refractivity contribution in [3.05, 3.63) is 23.9 Å². The smallest absolute Gasteiger partial charge is 0.228 e. The molecule has 0 radical (unpaired) electrons. The van der Waals surface area contributed by atoms with Crippen molar-refractivity contribution in [2.24, 2.45) is 5.41 Å². The Balaban J connectivity index is 1.97. The fourth-order valence-corrected chi connectivity index (χ4v) is 2.27. The molecule has 0 atom stereocenters. The Labute approximate surface area is 119 Å². The normalized spacial score (nSPS) is 16.1. The average molecular weight is 275 g/mol. The van der Waals surface area contributed by atoms with Crippen LogP contribution in [0, 0.1) is 5.41 Å². The van der Waals surface area contributed by atoms with E-state index in [1.54, 1.807) is 12.3 Å². The third-order valence-corrected chi connectivity index (χ3v) is 3.44. The van der Waals surface area contributed by atoms with Crippen LogP contribution >= 0.6 is 0 Å². The monoisotopic (exact) mass is 275 g/mol. The number of carbonyl (C=O) groups is 2. The first kappa shape index (κ1) is 14.5. The van der Waals surface area contributed by atoms with Crippen LogP contribution in [0.1, 0.15) is 31.1 Å². The fourth-order valence-electron chi connectivity index (χ4n) is 2.27. The standard InChI is InChI=1S/C15H21N3O2/c1-15(2,3)14(20)18-8-6-17(7-9-18)13-5-4-12(11-19)10-16-13/h4-5,10-11H,6-9H2,1-3H3. The van der Waals surface area contributed by atoms with Gasteiger partial charge in [-0.1, -0.05) is 20.8 Å². The molecular weight excluding hydrogens is 254 g/mol. The van der Waals surface area contributed by atoms with Crippen LogP contribution in [0.25, 0.3) is 0 Å². The summed E-state index contributed by atoms with van der Waals surface area (Å²) in [4.78, 5) is 31.1. The second-order valence-corrected chi connectivity index (χ2v) is 6.10. The zero-order valence-corrected chi connectivity index (χ0v) is 12.3. The van der Waals surface area contributed by atoms with Crippen molar-refractivity contribution in [2.45, 2.75) is 20.8 Å². The van der Waals surface area contributed by atoms with Crippen LogP contribution in [0.5, 0.6) is 0 Å². The van der Waals surface area contributed by atoms with Gasteiger partial charge in [0, 0.05) is 43.4 Å². The molecule has 0 aliphatic carbocycles. The minimum absolute atomic E-state index is 0.196. The number of piperazine rings is 1. The number of hydrogen-bond donors (Lipinski definition) is 0. The molecule has 0 bridgehead atoms. The van der Waals surface area contributed by atoms with Gasteiger partial charge in [-0.2, -0.15) is 0 Å². The summed E-state index contributed by atoms with van der Waals surface area (Å²) in [5, 5.41) is 0. The molecule has 1 aromatic rings. The van der Waals surface area contributed by atoms with Crippen molar-refractivity contribution in [3.63, 3.8) is 0 Å². The SMILES string of the molecule is CC(C)(C)C(=O)N1CCN(c2ccc(C=O)cn2)CC1. The lowest BCUT2D eigenvalue weighted by Crippen LogP contribution is -2.51. The number of carbonyl (C=O) groups excluding carboxylic acids is 2. The Kier molecular flexibility index (Phi) is 4.06. The van der Waals surface area contributed by atoms with E-state index in [2.05, 4.69) is 9.88 Å². The molecule has 0 aromatic carbocycles. The van der Waals surface area contributed by atoms with Crippen molar-refractivity contribution in [1.82, 2.24) is 9.88 Å². The zero-order chi connectivity index (χ0) is 14.8. The summed E-state index contributed by atoms with van der Waals surface area (Å²) in [5.74, 6) is 1.06. The molecular formula is C15H21N3O2. The van der Waals surface area contributed by atoms with Gasteiger partial charge in [0.25, 0.3) is 0 Å². The zero-order valence-electron chi connectivity index (χ0n) is 12.3. The molecule has 5 heteroatoms. The quantitative estimate of drug-likeness (QED) is 0.769. The number of aromatic nitrogens is 1. The number of rotatable bonds is 2. The molecule has 0 spiro atoms. The van der Waals surface area contributed by atoms with Gasteiger partial charge in [-0.15, -0.1) is 0 Å². The second-order valence-electron chi connectivity index (χ2n) is 6.10. The fraction of sp³-hybridized carbons (Fsp3) is 0.533. The summed E-state index contributed by atoms with van der Waals surface area (Å²) in [6.45, 7) is 8.81. The predicted molar refractivity (Wildman–Crippen MR) is 77.9 cm³/mol. The minimum atomic E-state index is -0.327. The van der Waals surface area contributed by atoms with Gasteiger partial charge in [0.15, 0.2) is 6.29 Å². The van der Waals surface area contributed by atoms with E-state index in [4.69, 9.17) is 0 Å². The Morgan fingerprint density at radius 1 is 1.20 bits per heavy atom. The molecule has 1 aliphatic rings. The number of aldehydes is 1. The Bertz CT molecular complexity index is 483. The lowest BCUT2D eigenvalue weighted by atomic mass is 9.94. The maximum atomic E-state index is 12.2. The molecule has 2 rings (SSSR count). The highest BCUT2D eigenvalue weighted by Crippen LogP contribution is 2.20. The number of pyridine rings is 1. The second kappa shape index (κ2) is 5.61. The summed E-state index contributed by atoms with van der Waals surface area (Å²) < 4.78 is 0. The van der Waals surface area contributed by atoms with Gasteiger partial charge in [-0.3, -0.25) is 9.59 Å². The van der Waals surface area contributed by atoms with Crippen LogP contribution in [0.3, 0.4) is 0 Å². The molecule has 5 nitrogen and oxygen atoms in total. The van der Waals surface area contributed by atoms with Gasteiger partial charge in [-0.05, 0) is 12.1 Å². The number of nitrogens with zero attached hydrogens (tertiary/aromatic N) is 3. The minimum Gasteiger partial charge on any atom is -0.353 e. The number of hydrogen-bond acceptors (Lipinski definition) is 4. The number of anilines is 1. The van der Waals surface area contributed by atoms with Crippen molar-refractivity contribution < 1.29 is 9.59 Å². The average Bonchev–Trinajstić information content (AvgIpc) is 2.46. The maximum Gasteiger partial charge on any atom is 0.228 e. The molecule has 1 saturated heterocycles. The summed E-state index contributed by atoms with van der Waals surface area (Å²) in [7, 11) is 0. The van der Waals surface area contributed by atoms with Crippen molar-refractivity contribution in [1.29, 1.82) is 0 Å². The first-order chi connectivity index (χ1) is 9.41. The molecule has 1 fully saturated rings. The van der Waals surface area contributed by atoms with E-state index in [0.717, 1.165) is 25.2 Å². The van der Waals surface area contributed by atoms with Crippen LogP contribution in [0.15, 0.2) is 18.3 Å². The van der Waals surface area contributed by atoms with Gasteiger partial charge in [-0.25, -0.2) is 4.98 Å². The highest BCUT2D eigenvalue weighted by molar-refractivity contribution is 5.81. The van der Waals surface area contributed by atoms with E-state index >= 15 is 0 Å². The van der Waals surface area contributed by atoms with E-state index in [0.29, 0.717) is 18.7 Å². The third kappa shape index (κ3) is 3.15. The first-order valence-electron chi connectivity index (χ1n) is 6.87. The van der Waals surface area contributed by atoms with E-state index in [1.165, 1.54) is 0 Å². The summed E-state index contributed by atoms with van der Waals surface area (Å²) >= 11 is 0. The van der Waals surface area contributed by atoms with E-state index in [1.807, 2.05) is 31.7 Å². The molecule has 2 heterocycles. The third-order valence-electron chi connectivity index (χ3n) is 3.44. The molecule has 1 amide bonds. The first-order valence-corrected chi connectivity index (χ1v) is 6.87. The Hall–Kier alpha value is -1.91. The van der Waals surface area contributed by atoms with Crippen LogP contribution in [-0.4, -0.2) is 48.3 Å². The van der Waals surface area contributed by atoms with Gasteiger partial charge in [0.2, 0.25) is 5.91 Å². The topological polar surface area (TPSA) is 53.5 Å². The number of amides is 1. The van der Waals surface area contributed by atoms with Crippen molar-refractivity contribution in [2.75, 3.05) is 31.1 Å². The Morgan fingerprint density at radius 3 is 2.30 bits per heavy atom. The summed E-state index contributed by atoms with van der Waals surface area (Å²) in [5.41, 5.74) is 0.252. The highest BCUT2D eigenvalue weighted by atomic mass is 16.2. The molecule has 1 aliphatic heterocycles. The van der Waals surface area contributed by atoms with Gasteiger partial charge in [0.1, 0.15) is 5.82 Å². The largest absolute Gasteiger partial charge is 0.353 e. The summed E-state index contributed by atoms with van der Waals surface area (Å²) in [6.07, 6.45) is 2.37.